The Hall–Kier alpha value is -1.56. The molecule has 1 aromatic heterocycles. The minimum atomic E-state index is 0.620. The summed E-state index contributed by atoms with van der Waals surface area (Å²) >= 11 is 0. The number of anilines is 1. The van der Waals surface area contributed by atoms with E-state index in [1.54, 1.807) is 6.33 Å². The first kappa shape index (κ1) is 8.72. The van der Waals surface area contributed by atoms with Gasteiger partial charge >= 0.3 is 0 Å². The highest BCUT2D eigenvalue weighted by atomic mass is 15.3. The first-order valence-electron chi connectivity index (χ1n) is 5.12. The van der Waals surface area contributed by atoms with Crippen molar-refractivity contribution in [3.63, 3.8) is 0 Å². The molecule has 0 atom stereocenters. The first-order valence-corrected chi connectivity index (χ1v) is 5.12. The van der Waals surface area contributed by atoms with Crippen LogP contribution < -0.4 is 10.2 Å². The maximum atomic E-state index is 4.34. The fraction of sp³-hybridized carbons (Fsp3) is 0.556. The predicted molar refractivity (Wildman–Crippen MR) is 55.3 cm³/mol. The second-order valence-electron chi connectivity index (χ2n) is 3.64. The third-order valence-electron chi connectivity index (χ3n) is 2.71. The van der Waals surface area contributed by atoms with Gasteiger partial charge in [-0.3, -0.25) is 0 Å². The van der Waals surface area contributed by atoms with Crippen LogP contribution in [0.1, 0.15) is 5.56 Å². The summed E-state index contributed by atoms with van der Waals surface area (Å²) in [5.74, 6) is 1.74. The SMILES string of the molecule is c1nc2c(c(N3CCNCC3)n1)CN=N2. The Bertz CT molecular complexity index is 396. The molecule has 0 radical (unpaired) electrons. The van der Waals surface area contributed by atoms with Crippen molar-refractivity contribution in [3.8, 4) is 0 Å². The van der Waals surface area contributed by atoms with Crippen LogP contribution >= 0.6 is 0 Å². The molecule has 78 valence electrons. The molecule has 2 aliphatic heterocycles. The maximum absolute atomic E-state index is 4.34. The highest BCUT2D eigenvalue weighted by molar-refractivity contribution is 5.57. The van der Waals surface area contributed by atoms with E-state index in [1.807, 2.05) is 0 Å². The average molecular weight is 204 g/mol. The molecule has 0 amide bonds. The summed E-state index contributed by atoms with van der Waals surface area (Å²) in [6.07, 6.45) is 1.57. The van der Waals surface area contributed by atoms with Crippen LogP contribution in [0.15, 0.2) is 16.6 Å². The molecule has 0 spiro atoms. The normalized spacial score (nSPS) is 19.3. The molecule has 0 aromatic carbocycles. The number of rotatable bonds is 1. The molecule has 0 unspecified atom stereocenters. The first-order chi connectivity index (χ1) is 7.45. The Balaban J connectivity index is 1.95. The quantitative estimate of drug-likeness (QED) is 0.722. The maximum Gasteiger partial charge on any atom is 0.184 e. The monoisotopic (exact) mass is 204 g/mol. The van der Waals surface area contributed by atoms with Gasteiger partial charge in [-0.15, -0.1) is 5.11 Å². The molecule has 1 saturated heterocycles. The number of piperazine rings is 1. The lowest BCUT2D eigenvalue weighted by molar-refractivity contribution is 0.583. The van der Waals surface area contributed by atoms with Gasteiger partial charge in [-0.25, -0.2) is 9.97 Å². The van der Waals surface area contributed by atoms with Crippen LogP contribution in [0.3, 0.4) is 0 Å². The molecule has 6 heteroatoms. The van der Waals surface area contributed by atoms with Crippen LogP contribution in [0.5, 0.6) is 0 Å². The summed E-state index contributed by atoms with van der Waals surface area (Å²) in [4.78, 5) is 10.7. The summed E-state index contributed by atoms with van der Waals surface area (Å²) in [7, 11) is 0. The molecule has 0 saturated carbocycles. The number of hydrogen-bond acceptors (Lipinski definition) is 6. The molecule has 1 N–H and O–H groups in total. The van der Waals surface area contributed by atoms with Crippen LogP contribution in [0.2, 0.25) is 0 Å². The molecule has 2 aliphatic rings. The number of fused-ring (bicyclic) bond motifs is 1. The van der Waals surface area contributed by atoms with Gasteiger partial charge in [0, 0.05) is 26.2 Å². The van der Waals surface area contributed by atoms with Gasteiger partial charge in [0.15, 0.2) is 5.82 Å². The summed E-state index contributed by atoms with van der Waals surface area (Å²) in [6, 6.07) is 0. The number of hydrogen-bond donors (Lipinski definition) is 1. The lowest BCUT2D eigenvalue weighted by Gasteiger charge is -2.29. The van der Waals surface area contributed by atoms with Crippen molar-refractivity contribution >= 4 is 11.6 Å². The van der Waals surface area contributed by atoms with E-state index in [2.05, 4.69) is 30.4 Å². The Labute approximate surface area is 87.4 Å². The molecule has 3 heterocycles. The Kier molecular flexibility index (Phi) is 2.06. The Morgan fingerprint density at radius 2 is 2.07 bits per heavy atom. The Morgan fingerprint density at radius 3 is 2.93 bits per heavy atom. The van der Waals surface area contributed by atoms with E-state index in [1.165, 1.54) is 0 Å². The van der Waals surface area contributed by atoms with Crippen LogP contribution in [0.25, 0.3) is 0 Å². The molecule has 1 aromatic rings. The number of nitrogens with one attached hydrogen (secondary N) is 1. The summed E-state index contributed by atoms with van der Waals surface area (Å²) < 4.78 is 0. The van der Waals surface area contributed by atoms with Crippen molar-refractivity contribution in [1.29, 1.82) is 0 Å². The van der Waals surface area contributed by atoms with Crippen molar-refractivity contribution < 1.29 is 0 Å². The zero-order valence-corrected chi connectivity index (χ0v) is 8.35. The number of aromatic nitrogens is 2. The van der Waals surface area contributed by atoms with E-state index < -0.39 is 0 Å². The molecule has 15 heavy (non-hydrogen) atoms. The second-order valence-corrected chi connectivity index (χ2v) is 3.64. The van der Waals surface area contributed by atoms with E-state index in [-0.39, 0.29) is 0 Å². The fourth-order valence-corrected chi connectivity index (χ4v) is 1.94. The largest absolute Gasteiger partial charge is 0.354 e. The van der Waals surface area contributed by atoms with Crippen LogP contribution in [-0.4, -0.2) is 36.1 Å². The molecule has 1 fully saturated rings. The highest BCUT2D eigenvalue weighted by Gasteiger charge is 2.20. The lowest BCUT2D eigenvalue weighted by atomic mass is 10.2. The third kappa shape index (κ3) is 1.46. The van der Waals surface area contributed by atoms with Gasteiger partial charge in [0.2, 0.25) is 0 Å². The minimum Gasteiger partial charge on any atom is -0.354 e. The van der Waals surface area contributed by atoms with Crippen molar-refractivity contribution in [2.24, 2.45) is 10.2 Å². The predicted octanol–water partition coefficient (Wildman–Crippen LogP) is 0.483. The van der Waals surface area contributed by atoms with Gasteiger partial charge in [-0.2, -0.15) is 5.11 Å². The molecular weight excluding hydrogens is 192 g/mol. The van der Waals surface area contributed by atoms with E-state index in [9.17, 15) is 0 Å². The van der Waals surface area contributed by atoms with E-state index >= 15 is 0 Å². The third-order valence-corrected chi connectivity index (χ3v) is 2.71. The molecule has 3 rings (SSSR count). The lowest BCUT2D eigenvalue weighted by Crippen LogP contribution is -2.44. The smallest absolute Gasteiger partial charge is 0.184 e. The zero-order valence-electron chi connectivity index (χ0n) is 8.35. The minimum absolute atomic E-state index is 0.620. The van der Waals surface area contributed by atoms with Crippen LogP contribution in [-0.2, 0) is 6.54 Å². The van der Waals surface area contributed by atoms with Gasteiger partial charge in [-0.1, -0.05) is 0 Å². The van der Waals surface area contributed by atoms with Gasteiger partial charge in [0.1, 0.15) is 12.1 Å². The van der Waals surface area contributed by atoms with E-state index in [4.69, 9.17) is 0 Å². The fourth-order valence-electron chi connectivity index (χ4n) is 1.94. The Morgan fingerprint density at radius 1 is 1.20 bits per heavy atom. The molecular formula is C9H12N6. The molecule has 0 bridgehead atoms. The van der Waals surface area contributed by atoms with Crippen molar-refractivity contribution in [2.45, 2.75) is 6.54 Å². The van der Waals surface area contributed by atoms with Gasteiger partial charge < -0.3 is 10.2 Å². The van der Waals surface area contributed by atoms with Gasteiger partial charge in [0.25, 0.3) is 0 Å². The van der Waals surface area contributed by atoms with E-state index in [0.29, 0.717) is 6.54 Å². The van der Waals surface area contributed by atoms with E-state index in [0.717, 1.165) is 43.4 Å². The van der Waals surface area contributed by atoms with Crippen molar-refractivity contribution in [3.05, 3.63) is 11.9 Å². The average Bonchev–Trinajstić information content (AvgIpc) is 2.78. The molecule has 0 aliphatic carbocycles. The van der Waals surface area contributed by atoms with Crippen molar-refractivity contribution in [2.75, 3.05) is 31.1 Å². The highest BCUT2D eigenvalue weighted by Crippen LogP contribution is 2.30. The summed E-state index contributed by atoms with van der Waals surface area (Å²) in [5.41, 5.74) is 1.07. The second kappa shape index (κ2) is 3.54. The van der Waals surface area contributed by atoms with Crippen LogP contribution in [0.4, 0.5) is 11.6 Å². The van der Waals surface area contributed by atoms with Gasteiger partial charge in [-0.05, 0) is 0 Å². The summed E-state index contributed by atoms with van der Waals surface area (Å²) in [6.45, 7) is 4.61. The number of nitrogens with zero attached hydrogens (tertiary/aromatic N) is 5. The topological polar surface area (TPSA) is 65.8 Å². The van der Waals surface area contributed by atoms with Crippen molar-refractivity contribution in [1.82, 2.24) is 15.3 Å². The standard InChI is InChI=1S/C9H12N6/c1-3-15(4-2-10-1)9-7-5-13-14-8(7)11-6-12-9/h6,10H,1-5H2. The zero-order chi connectivity index (χ0) is 10.1. The summed E-state index contributed by atoms with van der Waals surface area (Å²) in [5, 5.41) is 11.3. The molecule has 6 nitrogen and oxygen atoms in total. The van der Waals surface area contributed by atoms with Gasteiger partial charge in [0.05, 0.1) is 12.1 Å². The number of azo groups is 1. The van der Waals surface area contributed by atoms with Crippen LogP contribution in [0, 0.1) is 0 Å².